The maximum atomic E-state index is 13.1. The molecule has 0 N–H and O–H groups in total. The smallest absolute Gasteiger partial charge is 0.309 e. The first-order chi connectivity index (χ1) is 14.2. The maximum Gasteiger partial charge on any atom is 0.309 e. The van der Waals surface area contributed by atoms with Gasteiger partial charge in [-0.25, -0.2) is 12.8 Å². The lowest BCUT2D eigenvalue weighted by Crippen LogP contribution is -2.45. The van der Waals surface area contributed by atoms with Crippen LogP contribution in [0.3, 0.4) is 0 Å². The number of carbonyl (C=O) groups is 2. The number of esters is 1. The van der Waals surface area contributed by atoms with Crippen LogP contribution in [0.25, 0.3) is 0 Å². The molecule has 0 radical (unpaired) electrons. The van der Waals surface area contributed by atoms with Crippen LogP contribution in [-0.2, 0) is 24.3 Å². The number of likely N-dealkylation sites (tertiary alicyclic amines) is 1. The van der Waals surface area contributed by atoms with Crippen LogP contribution in [0.5, 0.6) is 0 Å². The van der Waals surface area contributed by atoms with Crippen molar-refractivity contribution in [1.82, 2.24) is 9.21 Å². The van der Waals surface area contributed by atoms with Crippen molar-refractivity contribution in [2.24, 2.45) is 17.8 Å². The highest BCUT2D eigenvalue weighted by Crippen LogP contribution is 2.25. The number of amides is 1. The summed E-state index contributed by atoms with van der Waals surface area (Å²) in [5.41, 5.74) is 0. The molecule has 2 unspecified atom stereocenters. The van der Waals surface area contributed by atoms with E-state index in [9.17, 15) is 22.4 Å². The fraction of sp³-hybridized carbons (Fsp3) is 0.619. The van der Waals surface area contributed by atoms with Gasteiger partial charge < -0.3 is 9.64 Å². The van der Waals surface area contributed by atoms with Crippen molar-refractivity contribution in [3.05, 3.63) is 30.1 Å². The van der Waals surface area contributed by atoms with Crippen molar-refractivity contribution in [3.8, 4) is 0 Å². The summed E-state index contributed by atoms with van der Waals surface area (Å²) in [4.78, 5) is 26.5. The molecule has 0 saturated carbocycles. The van der Waals surface area contributed by atoms with Gasteiger partial charge in [-0.2, -0.15) is 4.31 Å². The van der Waals surface area contributed by atoms with Crippen molar-refractivity contribution in [3.63, 3.8) is 0 Å². The van der Waals surface area contributed by atoms with Gasteiger partial charge in [-0.3, -0.25) is 9.59 Å². The van der Waals surface area contributed by atoms with E-state index in [2.05, 4.69) is 13.8 Å². The second-order valence-corrected chi connectivity index (χ2v) is 10.4. The summed E-state index contributed by atoms with van der Waals surface area (Å²) in [6, 6.07) is 4.69. The molecule has 0 aliphatic carbocycles. The van der Waals surface area contributed by atoms with Gasteiger partial charge in [0.05, 0.1) is 10.8 Å². The third-order valence-corrected chi connectivity index (χ3v) is 7.71. The molecule has 0 bridgehead atoms. The Morgan fingerprint density at radius 3 is 2.20 bits per heavy atom. The highest BCUT2D eigenvalue weighted by Gasteiger charge is 2.33. The van der Waals surface area contributed by atoms with Gasteiger partial charge in [-0.1, -0.05) is 13.8 Å². The van der Waals surface area contributed by atoms with Crippen LogP contribution in [0.4, 0.5) is 4.39 Å². The average molecular weight is 441 g/mol. The van der Waals surface area contributed by atoms with Gasteiger partial charge in [0.2, 0.25) is 10.0 Å². The van der Waals surface area contributed by atoms with Crippen LogP contribution in [0.1, 0.15) is 33.1 Å². The number of hydrogen-bond acceptors (Lipinski definition) is 5. The maximum absolute atomic E-state index is 13.1. The van der Waals surface area contributed by atoms with E-state index in [1.54, 1.807) is 4.90 Å². The number of rotatable bonds is 5. The Morgan fingerprint density at radius 1 is 1.07 bits per heavy atom. The zero-order valence-electron chi connectivity index (χ0n) is 17.4. The summed E-state index contributed by atoms with van der Waals surface area (Å²) in [5, 5.41) is 0. The average Bonchev–Trinajstić information content (AvgIpc) is 2.71. The number of carbonyl (C=O) groups excluding carboxylic acids is 2. The molecule has 1 amide bonds. The fourth-order valence-electron chi connectivity index (χ4n) is 4.30. The van der Waals surface area contributed by atoms with E-state index >= 15 is 0 Å². The van der Waals surface area contributed by atoms with Crippen molar-refractivity contribution >= 4 is 21.9 Å². The van der Waals surface area contributed by atoms with Crippen LogP contribution < -0.4 is 0 Å². The molecule has 0 spiro atoms. The molecule has 2 saturated heterocycles. The molecule has 2 aliphatic heterocycles. The quantitative estimate of drug-likeness (QED) is 0.656. The van der Waals surface area contributed by atoms with E-state index in [0.717, 1.165) is 18.6 Å². The number of halogens is 1. The fourth-order valence-corrected chi connectivity index (χ4v) is 5.77. The summed E-state index contributed by atoms with van der Waals surface area (Å²) in [7, 11) is -3.72. The predicted molar refractivity (Wildman–Crippen MR) is 108 cm³/mol. The van der Waals surface area contributed by atoms with Crippen LogP contribution in [-0.4, -0.2) is 62.3 Å². The number of hydrogen-bond donors (Lipinski definition) is 0. The number of piperidine rings is 2. The highest BCUT2D eigenvalue weighted by atomic mass is 32.2. The first-order valence-electron chi connectivity index (χ1n) is 10.4. The first-order valence-corrected chi connectivity index (χ1v) is 11.8. The largest absolute Gasteiger partial charge is 0.455 e. The molecule has 0 aromatic heterocycles. The van der Waals surface area contributed by atoms with Crippen LogP contribution >= 0.6 is 0 Å². The molecule has 7 nitrogen and oxygen atoms in total. The minimum absolute atomic E-state index is 0.0283. The molecule has 2 aliphatic rings. The predicted octanol–water partition coefficient (Wildman–Crippen LogP) is 2.27. The third kappa shape index (κ3) is 5.37. The summed E-state index contributed by atoms with van der Waals surface area (Å²) in [6.45, 7) is 5.65. The van der Waals surface area contributed by atoms with Gasteiger partial charge in [-0.15, -0.1) is 0 Å². The summed E-state index contributed by atoms with van der Waals surface area (Å²) in [6.07, 6.45) is 1.74. The Bertz CT molecular complexity index is 856. The van der Waals surface area contributed by atoms with Crippen molar-refractivity contribution in [2.45, 2.75) is 38.0 Å². The minimum Gasteiger partial charge on any atom is -0.455 e. The van der Waals surface area contributed by atoms with E-state index in [1.807, 2.05) is 0 Å². The van der Waals surface area contributed by atoms with Gasteiger partial charge in [0, 0.05) is 26.2 Å². The normalized spacial score (nSPS) is 23.9. The Hall–Kier alpha value is -2.00. The summed E-state index contributed by atoms with van der Waals surface area (Å²) in [5.74, 6) is -0.713. The molecule has 30 heavy (non-hydrogen) atoms. The van der Waals surface area contributed by atoms with Crippen LogP contribution in [0, 0.1) is 23.6 Å². The third-order valence-electron chi connectivity index (χ3n) is 5.80. The Morgan fingerprint density at radius 2 is 1.63 bits per heavy atom. The lowest BCUT2D eigenvalue weighted by atomic mass is 9.92. The molecular formula is C21H29FN2O5S. The molecule has 1 aromatic carbocycles. The second kappa shape index (κ2) is 9.43. The van der Waals surface area contributed by atoms with E-state index in [4.69, 9.17) is 4.74 Å². The minimum atomic E-state index is -3.72. The highest BCUT2D eigenvalue weighted by molar-refractivity contribution is 7.89. The number of benzene rings is 1. The molecule has 3 rings (SSSR count). The number of sulfonamides is 1. The topological polar surface area (TPSA) is 84.0 Å². The van der Waals surface area contributed by atoms with E-state index in [-0.39, 0.29) is 30.5 Å². The van der Waals surface area contributed by atoms with Crippen molar-refractivity contribution < 1.29 is 27.1 Å². The Labute approximate surface area is 177 Å². The van der Waals surface area contributed by atoms with E-state index in [1.165, 1.54) is 16.4 Å². The molecule has 2 fully saturated rings. The van der Waals surface area contributed by atoms with Gasteiger partial charge in [0.15, 0.2) is 6.61 Å². The summed E-state index contributed by atoms with van der Waals surface area (Å²) < 4.78 is 44.9. The Kier molecular flexibility index (Phi) is 7.13. The van der Waals surface area contributed by atoms with Gasteiger partial charge in [-0.05, 0) is 55.4 Å². The Balaban J connectivity index is 1.48. The van der Waals surface area contributed by atoms with Crippen molar-refractivity contribution in [1.29, 1.82) is 0 Å². The van der Waals surface area contributed by atoms with Gasteiger partial charge in [0.1, 0.15) is 5.82 Å². The summed E-state index contributed by atoms with van der Waals surface area (Å²) >= 11 is 0. The monoisotopic (exact) mass is 440 g/mol. The lowest BCUT2D eigenvalue weighted by molar-refractivity contribution is -0.157. The zero-order chi connectivity index (χ0) is 21.9. The van der Waals surface area contributed by atoms with Gasteiger partial charge in [0.25, 0.3) is 5.91 Å². The standard InChI is InChI=1S/C21H29FN2O5S/c1-15-11-16(2)13-23(12-15)20(25)14-29-21(26)17-7-9-24(10-8-17)30(27,28)19-5-3-18(22)4-6-19/h3-6,15-17H,7-14H2,1-2H3. The molecule has 166 valence electrons. The SMILES string of the molecule is CC1CC(C)CN(C(=O)COC(=O)C2CCN(S(=O)(=O)c3ccc(F)cc3)CC2)C1. The van der Waals surface area contributed by atoms with E-state index in [0.29, 0.717) is 37.8 Å². The zero-order valence-corrected chi connectivity index (χ0v) is 18.2. The van der Waals surface area contributed by atoms with E-state index < -0.39 is 27.7 Å². The van der Waals surface area contributed by atoms with Crippen molar-refractivity contribution in [2.75, 3.05) is 32.8 Å². The molecule has 2 heterocycles. The second-order valence-electron chi connectivity index (χ2n) is 8.48. The molecule has 9 heteroatoms. The lowest BCUT2D eigenvalue weighted by Gasteiger charge is -2.35. The van der Waals surface area contributed by atoms with Crippen LogP contribution in [0.2, 0.25) is 0 Å². The molecular weight excluding hydrogens is 411 g/mol. The molecule has 2 atom stereocenters. The molecule has 1 aromatic rings. The van der Waals surface area contributed by atoms with Gasteiger partial charge >= 0.3 is 5.97 Å². The first kappa shape index (κ1) is 22.7. The van der Waals surface area contributed by atoms with Crippen LogP contribution in [0.15, 0.2) is 29.2 Å². The number of nitrogens with zero attached hydrogens (tertiary/aromatic N) is 2. The number of ether oxygens (including phenoxy) is 1.